The Morgan fingerprint density at radius 1 is 0.730 bits per heavy atom. The van der Waals surface area contributed by atoms with Gasteiger partial charge in [0.25, 0.3) is 0 Å². The molecule has 0 bridgehead atoms. The number of aliphatic hydroxyl groups is 1. The number of hydrogen-bond donors (Lipinski definition) is 2. The molecular formula is C32H63N3O2. The van der Waals surface area contributed by atoms with Crippen molar-refractivity contribution in [2.45, 2.75) is 175 Å². The van der Waals surface area contributed by atoms with E-state index in [4.69, 9.17) is 4.74 Å². The summed E-state index contributed by atoms with van der Waals surface area (Å²) in [6.45, 7) is 9.83. The van der Waals surface area contributed by atoms with Gasteiger partial charge in [-0.1, -0.05) is 110 Å². The molecule has 0 radical (unpaired) electrons. The Kier molecular flexibility index (Phi) is 23.4. The molecule has 1 rings (SSSR count). The minimum atomic E-state index is -0.578. The highest BCUT2D eigenvalue weighted by molar-refractivity contribution is 4.88. The number of ether oxygens (including phenoxy) is 1. The van der Waals surface area contributed by atoms with Crippen molar-refractivity contribution in [2.75, 3.05) is 13.1 Å². The third-order valence-corrected chi connectivity index (χ3v) is 7.59. The van der Waals surface area contributed by atoms with Crippen molar-refractivity contribution in [2.24, 2.45) is 0 Å². The van der Waals surface area contributed by atoms with Gasteiger partial charge in [0.05, 0.1) is 6.10 Å². The fraction of sp³-hybridized carbons (Fsp3) is 0.906. The number of nitrogens with one attached hydrogen (secondary N) is 1. The smallest absolute Gasteiger partial charge is 0.154 e. The van der Waals surface area contributed by atoms with Crippen molar-refractivity contribution in [1.29, 1.82) is 0 Å². The van der Waals surface area contributed by atoms with E-state index in [9.17, 15) is 5.11 Å². The van der Waals surface area contributed by atoms with Crippen molar-refractivity contribution in [1.82, 2.24) is 14.9 Å². The van der Waals surface area contributed by atoms with Crippen molar-refractivity contribution < 1.29 is 9.84 Å². The number of aromatic nitrogens is 2. The first kappa shape index (κ1) is 34.1. The molecule has 37 heavy (non-hydrogen) atoms. The lowest BCUT2D eigenvalue weighted by Crippen LogP contribution is -2.22. The molecule has 0 spiro atoms. The van der Waals surface area contributed by atoms with Crippen molar-refractivity contribution in [3.05, 3.63) is 18.2 Å². The van der Waals surface area contributed by atoms with E-state index in [2.05, 4.69) is 41.8 Å². The first-order valence-corrected chi connectivity index (χ1v) is 16.2. The Morgan fingerprint density at radius 2 is 1.24 bits per heavy atom. The maximum atomic E-state index is 10.5. The molecule has 0 aliphatic rings. The lowest BCUT2D eigenvalue weighted by atomic mass is 10.0. The Morgan fingerprint density at radius 3 is 1.81 bits per heavy atom. The number of aliphatic hydroxyl groups excluding tert-OH is 1. The van der Waals surface area contributed by atoms with Crippen LogP contribution in [-0.2, 0) is 11.3 Å². The summed E-state index contributed by atoms with van der Waals surface area (Å²) >= 11 is 0. The molecule has 1 atom stereocenters. The second-order valence-electron chi connectivity index (χ2n) is 11.2. The molecule has 0 amide bonds. The van der Waals surface area contributed by atoms with Gasteiger partial charge in [-0.3, -0.25) is 0 Å². The fourth-order valence-corrected chi connectivity index (χ4v) is 5.11. The van der Waals surface area contributed by atoms with E-state index < -0.39 is 6.29 Å². The topological polar surface area (TPSA) is 59.3 Å². The average molecular weight is 522 g/mol. The summed E-state index contributed by atoms with van der Waals surface area (Å²) in [7, 11) is 0. The first-order valence-electron chi connectivity index (χ1n) is 16.2. The van der Waals surface area contributed by atoms with Crippen LogP contribution < -0.4 is 5.32 Å². The van der Waals surface area contributed by atoms with Crippen LogP contribution in [0, 0.1) is 6.92 Å². The van der Waals surface area contributed by atoms with Gasteiger partial charge in [0, 0.05) is 18.9 Å². The predicted octanol–water partition coefficient (Wildman–Crippen LogP) is 8.72. The monoisotopic (exact) mass is 521 g/mol. The summed E-state index contributed by atoms with van der Waals surface area (Å²) in [4.78, 5) is 4.27. The summed E-state index contributed by atoms with van der Waals surface area (Å²) in [5.74, 6) is 1.10. The van der Waals surface area contributed by atoms with E-state index in [0.29, 0.717) is 0 Å². The van der Waals surface area contributed by atoms with Crippen LogP contribution in [0.15, 0.2) is 12.4 Å². The Balaban J connectivity index is 2.05. The summed E-state index contributed by atoms with van der Waals surface area (Å²) < 4.78 is 8.38. The Hall–Kier alpha value is -0.910. The van der Waals surface area contributed by atoms with Crippen molar-refractivity contribution in [3.8, 4) is 0 Å². The molecule has 2 N–H and O–H groups in total. The van der Waals surface area contributed by atoms with Gasteiger partial charge in [-0.2, -0.15) is 0 Å². The van der Waals surface area contributed by atoms with Gasteiger partial charge < -0.3 is 19.7 Å². The lowest BCUT2D eigenvalue weighted by Gasteiger charge is -2.22. The van der Waals surface area contributed by atoms with Crippen LogP contribution in [0.5, 0.6) is 0 Å². The summed E-state index contributed by atoms with van der Waals surface area (Å²) in [6, 6.07) is 0. The molecule has 1 heterocycles. The molecule has 0 aliphatic heterocycles. The van der Waals surface area contributed by atoms with Gasteiger partial charge >= 0.3 is 0 Å². The van der Waals surface area contributed by atoms with E-state index in [1.165, 1.54) is 103 Å². The highest BCUT2D eigenvalue weighted by Crippen LogP contribution is 2.19. The zero-order valence-electron chi connectivity index (χ0n) is 25.0. The van der Waals surface area contributed by atoms with Gasteiger partial charge in [-0.05, 0) is 58.5 Å². The molecule has 1 unspecified atom stereocenters. The lowest BCUT2D eigenvalue weighted by molar-refractivity contribution is -0.144. The van der Waals surface area contributed by atoms with Crippen molar-refractivity contribution in [3.63, 3.8) is 0 Å². The second-order valence-corrected chi connectivity index (χ2v) is 11.2. The first-order chi connectivity index (χ1) is 18.2. The summed E-state index contributed by atoms with van der Waals surface area (Å²) in [5, 5.41) is 14.1. The minimum Gasteiger partial charge on any atom is -0.368 e. The number of rotatable bonds is 28. The van der Waals surface area contributed by atoms with E-state index in [0.717, 1.165) is 57.6 Å². The van der Waals surface area contributed by atoms with Crippen LogP contribution in [-0.4, -0.2) is 40.1 Å². The molecule has 218 valence electrons. The third kappa shape index (κ3) is 20.7. The van der Waals surface area contributed by atoms with Crippen LogP contribution in [0.2, 0.25) is 0 Å². The number of aryl methyl sites for hydroxylation is 2. The Bertz CT molecular complexity index is 576. The van der Waals surface area contributed by atoms with Crippen molar-refractivity contribution >= 4 is 0 Å². The maximum absolute atomic E-state index is 10.5. The summed E-state index contributed by atoms with van der Waals surface area (Å²) in [6.07, 6.45) is 29.7. The molecule has 1 aromatic rings. The van der Waals surface area contributed by atoms with E-state index >= 15 is 0 Å². The summed E-state index contributed by atoms with van der Waals surface area (Å²) in [5.41, 5.74) is 0. The molecule has 5 nitrogen and oxygen atoms in total. The highest BCUT2D eigenvalue weighted by Gasteiger charge is 2.14. The molecule has 0 aromatic carbocycles. The fourth-order valence-electron chi connectivity index (χ4n) is 5.11. The molecule has 0 saturated carbocycles. The third-order valence-electron chi connectivity index (χ3n) is 7.59. The Labute approximate surface area is 230 Å². The minimum absolute atomic E-state index is 0.246. The zero-order valence-corrected chi connectivity index (χ0v) is 25.0. The number of nitrogens with zero attached hydrogens (tertiary/aromatic N) is 2. The van der Waals surface area contributed by atoms with Crippen LogP contribution in [0.25, 0.3) is 0 Å². The van der Waals surface area contributed by atoms with Gasteiger partial charge in [0.2, 0.25) is 0 Å². The van der Waals surface area contributed by atoms with E-state index in [-0.39, 0.29) is 6.10 Å². The standard InChI is InChI=1S/C32H63N3O2/c1-4-6-8-10-13-17-22-31(23-18-14-11-9-7-5-2)37-32(36)24-19-15-12-16-20-25-33-26-21-28-35-29-27-34-30(35)3/h27,29,31-33,36H,4-26,28H2,1-3H3. The zero-order chi connectivity index (χ0) is 26.8. The van der Waals surface area contributed by atoms with Gasteiger partial charge in [-0.15, -0.1) is 0 Å². The normalized spacial score (nSPS) is 12.6. The molecule has 1 aromatic heterocycles. The number of imidazole rings is 1. The largest absolute Gasteiger partial charge is 0.368 e. The second kappa shape index (κ2) is 25.4. The number of hydrogen-bond acceptors (Lipinski definition) is 4. The van der Waals surface area contributed by atoms with Gasteiger partial charge in [0.15, 0.2) is 6.29 Å². The van der Waals surface area contributed by atoms with Gasteiger partial charge in [-0.25, -0.2) is 4.98 Å². The van der Waals surface area contributed by atoms with E-state index in [1.54, 1.807) is 0 Å². The van der Waals surface area contributed by atoms with Gasteiger partial charge in [0.1, 0.15) is 5.82 Å². The molecule has 0 fully saturated rings. The van der Waals surface area contributed by atoms with E-state index in [1.807, 2.05) is 6.20 Å². The maximum Gasteiger partial charge on any atom is 0.154 e. The van der Waals surface area contributed by atoms with Crippen LogP contribution in [0.3, 0.4) is 0 Å². The van der Waals surface area contributed by atoms with Crippen LogP contribution >= 0.6 is 0 Å². The molecule has 5 heteroatoms. The predicted molar refractivity (Wildman–Crippen MR) is 159 cm³/mol. The average Bonchev–Trinajstić information content (AvgIpc) is 3.30. The molecule has 0 aliphatic carbocycles. The van der Waals surface area contributed by atoms with Crippen LogP contribution in [0.4, 0.5) is 0 Å². The van der Waals surface area contributed by atoms with Crippen LogP contribution in [0.1, 0.15) is 155 Å². The SMILES string of the molecule is CCCCCCCCC(CCCCCCCC)OC(O)CCCCCCCNCCCn1ccnc1C. The molecule has 0 saturated heterocycles. The highest BCUT2D eigenvalue weighted by atomic mass is 16.6. The number of unbranched alkanes of at least 4 members (excludes halogenated alkanes) is 14. The molecular weight excluding hydrogens is 458 g/mol. The quantitative estimate of drug-likeness (QED) is 0.0855.